The van der Waals surface area contributed by atoms with Crippen molar-refractivity contribution in [1.82, 2.24) is 4.90 Å². The maximum atomic E-state index is 12.6. The molecule has 1 aromatic carbocycles. The van der Waals surface area contributed by atoms with Gasteiger partial charge in [0.2, 0.25) is 11.8 Å². The molecular weight excluding hydrogens is 312 g/mol. The Balaban J connectivity index is 2.08. The molecule has 1 saturated carbocycles. The molecule has 0 atom stereocenters. The second kappa shape index (κ2) is 8.50. The topological polar surface area (TPSA) is 49.4 Å². The van der Waals surface area contributed by atoms with Crippen molar-refractivity contribution in [1.29, 1.82) is 0 Å². The summed E-state index contributed by atoms with van der Waals surface area (Å²) in [5.74, 6) is -0.123. The number of rotatable bonds is 4. The van der Waals surface area contributed by atoms with Gasteiger partial charge in [0.25, 0.3) is 0 Å². The van der Waals surface area contributed by atoms with Crippen LogP contribution in [-0.4, -0.2) is 29.3 Å². The van der Waals surface area contributed by atoms with E-state index < -0.39 is 0 Å². The highest BCUT2D eigenvalue weighted by Gasteiger charge is 2.25. The summed E-state index contributed by atoms with van der Waals surface area (Å²) in [5, 5.41) is 3.02. The molecule has 25 heavy (non-hydrogen) atoms. The molecule has 2 rings (SSSR count). The summed E-state index contributed by atoms with van der Waals surface area (Å²) < 4.78 is 0. The van der Waals surface area contributed by atoms with E-state index in [-0.39, 0.29) is 29.8 Å². The van der Waals surface area contributed by atoms with E-state index in [1.807, 2.05) is 24.3 Å². The molecule has 0 spiro atoms. The number of anilines is 1. The Morgan fingerprint density at radius 2 is 1.68 bits per heavy atom. The Morgan fingerprint density at radius 1 is 1.08 bits per heavy atom. The smallest absolute Gasteiger partial charge is 0.244 e. The zero-order chi connectivity index (χ0) is 18.4. The zero-order valence-electron chi connectivity index (χ0n) is 16.1. The molecule has 0 aliphatic heterocycles. The summed E-state index contributed by atoms with van der Waals surface area (Å²) in [6.07, 6.45) is 6.75. The third kappa shape index (κ3) is 5.58. The Morgan fingerprint density at radius 3 is 2.24 bits per heavy atom. The lowest BCUT2D eigenvalue weighted by Gasteiger charge is -2.30. The fourth-order valence-electron chi connectivity index (χ4n) is 3.66. The average molecular weight is 344 g/mol. The second-order valence-corrected chi connectivity index (χ2v) is 8.14. The van der Waals surface area contributed by atoms with Gasteiger partial charge in [-0.05, 0) is 29.9 Å². The van der Waals surface area contributed by atoms with Crippen LogP contribution in [0.3, 0.4) is 0 Å². The lowest BCUT2D eigenvalue weighted by atomic mass is 9.86. The first-order chi connectivity index (χ1) is 11.8. The Bertz CT molecular complexity index is 596. The summed E-state index contributed by atoms with van der Waals surface area (Å²) >= 11 is 0. The van der Waals surface area contributed by atoms with Gasteiger partial charge in [0.05, 0.1) is 0 Å². The molecule has 0 aromatic heterocycles. The second-order valence-electron chi connectivity index (χ2n) is 8.14. The minimum Gasteiger partial charge on any atom is -0.331 e. The molecular formula is C21H32N2O2. The van der Waals surface area contributed by atoms with Crippen LogP contribution in [0, 0.1) is 0 Å². The van der Waals surface area contributed by atoms with Crippen molar-refractivity contribution in [3.63, 3.8) is 0 Å². The van der Waals surface area contributed by atoms with Gasteiger partial charge in [0.1, 0.15) is 6.54 Å². The maximum absolute atomic E-state index is 12.6. The highest BCUT2D eigenvalue weighted by atomic mass is 16.2. The summed E-state index contributed by atoms with van der Waals surface area (Å²) in [6.45, 7) is 8.10. The summed E-state index contributed by atoms with van der Waals surface area (Å²) in [5.41, 5.74) is 1.89. The quantitative estimate of drug-likeness (QED) is 0.818. The van der Waals surface area contributed by atoms with Crippen LogP contribution in [0.4, 0.5) is 5.69 Å². The van der Waals surface area contributed by atoms with Gasteiger partial charge in [0.15, 0.2) is 0 Å². The predicted molar refractivity (Wildman–Crippen MR) is 103 cm³/mol. The monoisotopic (exact) mass is 344 g/mol. The number of nitrogens with one attached hydrogen (secondary N) is 1. The highest BCUT2D eigenvalue weighted by molar-refractivity contribution is 5.95. The molecule has 0 bridgehead atoms. The number of hydrogen-bond acceptors (Lipinski definition) is 2. The molecule has 0 heterocycles. The Hall–Kier alpha value is -1.84. The molecule has 0 saturated heterocycles. The van der Waals surface area contributed by atoms with Gasteiger partial charge in [0, 0.05) is 18.7 Å². The summed E-state index contributed by atoms with van der Waals surface area (Å²) in [6, 6.07) is 8.10. The van der Waals surface area contributed by atoms with Gasteiger partial charge >= 0.3 is 0 Å². The van der Waals surface area contributed by atoms with E-state index in [1.165, 1.54) is 12.8 Å². The standard InChI is InChI=1S/C21H32N2O2/c1-16(24)23(17-11-7-5-6-8-12-17)15-20(25)22-19-14-10-9-13-18(19)21(2,3)4/h9-10,13-14,17H,5-8,11-12,15H2,1-4H3,(H,22,25). The Labute approximate surface area is 152 Å². The van der Waals surface area contributed by atoms with Crippen LogP contribution in [-0.2, 0) is 15.0 Å². The van der Waals surface area contributed by atoms with Crippen LogP contribution >= 0.6 is 0 Å². The maximum Gasteiger partial charge on any atom is 0.244 e. The molecule has 1 aromatic rings. The minimum atomic E-state index is -0.115. The molecule has 1 N–H and O–H groups in total. The van der Waals surface area contributed by atoms with Crippen molar-refractivity contribution < 1.29 is 9.59 Å². The molecule has 138 valence electrons. The van der Waals surface area contributed by atoms with Crippen molar-refractivity contribution in [3.8, 4) is 0 Å². The lowest BCUT2D eigenvalue weighted by Crippen LogP contribution is -2.43. The van der Waals surface area contributed by atoms with Crippen molar-refractivity contribution in [2.75, 3.05) is 11.9 Å². The fourth-order valence-corrected chi connectivity index (χ4v) is 3.66. The van der Waals surface area contributed by atoms with E-state index in [1.54, 1.807) is 11.8 Å². The number of benzene rings is 1. The molecule has 0 unspecified atom stereocenters. The summed E-state index contributed by atoms with van der Waals surface area (Å²) in [7, 11) is 0. The molecule has 1 fully saturated rings. The normalized spacial score (nSPS) is 16.2. The van der Waals surface area contributed by atoms with Gasteiger partial charge in [-0.25, -0.2) is 0 Å². The number of carbonyl (C=O) groups excluding carboxylic acids is 2. The van der Waals surface area contributed by atoms with E-state index in [0.29, 0.717) is 0 Å². The SMILES string of the molecule is CC(=O)N(CC(=O)Nc1ccccc1C(C)(C)C)C1CCCCCC1. The predicted octanol–water partition coefficient (Wildman–Crippen LogP) is 4.49. The van der Waals surface area contributed by atoms with E-state index in [4.69, 9.17) is 0 Å². The lowest BCUT2D eigenvalue weighted by molar-refractivity contribution is -0.135. The first-order valence-electron chi connectivity index (χ1n) is 9.45. The number of carbonyl (C=O) groups is 2. The van der Waals surface area contributed by atoms with Gasteiger partial charge in [-0.1, -0.05) is 64.7 Å². The van der Waals surface area contributed by atoms with Gasteiger partial charge in [-0.2, -0.15) is 0 Å². The van der Waals surface area contributed by atoms with E-state index in [0.717, 1.165) is 36.9 Å². The van der Waals surface area contributed by atoms with Gasteiger partial charge in [-0.3, -0.25) is 9.59 Å². The molecule has 0 radical (unpaired) electrons. The van der Waals surface area contributed by atoms with Crippen LogP contribution in [0.5, 0.6) is 0 Å². The first-order valence-corrected chi connectivity index (χ1v) is 9.45. The van der Waals surface area contributed by atoms with Crippen molar-refractivity contribution in [3.05, 3.63) is 29.8 Å². The third-order valence-corrected chi connectivity index (χ3v) is 4.99. The van der Waals surface area contributed by atoms with Crippen LogP contribution < -0.4 is 5.32 Å². The van der Waals surface area contributed by atoms with Crippen molar-refractivity contribution >= 4 is 17.5 Å². The third-order valence-electron chi connectivity index (χ3n) is 4.99. The number of para-hydroxylation sites is 1. The molecule has 2 amide bonds. The van der Waals surface area contributed by atoms with Crippen LogP contribution in [0.2, 0.25) is 0 Å². The number of nitrogens with zero attached hydrogens (tertiary/aromatic N) is 1. The molecule has 1 aliphatic carbocycles. The van der Waals surface area contributed by atoms with Crippen molar-refractivity contribution in [2.24, 2.45) is 0 Å². The van der Waals surface area contributed by atoms with Gasteiger partial charge < -0.3 is 10.2 Å². The molecule has 4 nitrogen and oxygen atoms in total. The van der Waals surface area contributed by atoms with Crippen LogP contribution in [0.25, 0.3) is 0 Å². The largest absolute Gasteiger partial charge is 0.331 e. The summed E-state index contributed by atoms with van der Waals surface area (Å²) in [4.78, 5) is 26.5. The first kappa shape index (κ1) is 19.5. The highest BCUT2D eigenvalue weighted by Crippen LogP contribution is 2.29. The van der Waals surface area contributed by atoms with Crippen LogP contribution in [0.15, 0.2) is 24.3 Å². The number of amides is 2. The Kier molecular flexibility index (Phi) is 6.63. The van der Waals surface area contributed by atoms with Crippen LogP contribution in [0.1, 0.15) is 71.8 Å². The average Bonchev–Trinajstić information content (AvgIpc) is 2.81. The minimum absolute atomic E-state index is 0.00819. The van der Waals surface area contributed by atoms with Gasteiger partial charge in [-0.15, -0.1) is 0 Å². The van der Waals surface area contributed by atoms with E-state index in [2.05, 4.69) is 26.1 Å². The van der Waals surface area contributed by atoms with E-state index >= 15 is 0 Å². The number of hydrogen-bond donors (Lipinski definition) is 1. The molecule has 4 heteroatoms. The van der Waals surface area contributed by atoms with Crippen molar-refractivity contribution in [2.45, 2.75) is 77.7 Å². The fraction of sp³-hybridized carbons (Fsp3) is 0.619. The van der Waals surface area contributed by atoms with E-state index in [9.17, 15) is 9.59 Å². The molecule has 1 aliphatic rings. The zero-order valence-corrected chi connectivity index (χ0v) is 16.1.